The minimum absolute atomic E-state index is 0.276. The van der Waals surface area contributed by atoms with Crippen LogP contribution >= 0.6 is 11.6 Å². The molecule has 0 unspecified atom stereocenters. The largest absolute Gasteiger partial charge is 0.352 e. The van der Waals surface area contributed by atoms with Crippen LogP contribution in [0, 0.1) is 17.2 Å². The van der Waals surface area contributed by atoms with Crippen LogP contribution in [0.3, 0.4) is 0 Å². The second kappa shape index (κ2) is 5.29. The zero-order chi connectivity index (χ0) is 14.1. The van der Waals surface area contributed by atoms with Crippen LogP contribution < -0.4 is 4.90 Å². The van der Waals surface area contributed by atoms with Gasteiger partial charge in [-0.1, -0.05) is 11.6 Å². The fourth-order valence-electron chi connectivity index (χ4n) is 2.45. The third-order valence-corrected chi connectivity index (χ3v) is 4.05. The molecule has 20 heavy (non-hydrogen) atoms. The highest BCUT2D eigenvalue weighted by molar-refractivity contribution is 6.33. The van der Waals surface area contributed by atoms with E-state index in [2.05, 4.69) is 9.88 Å². The molecule has 0 atom stereocenters. The van der Waals surface area contributed by atoms with Crippen LogP contribution in [0.25, 0.3) is 0 Å². The number of nitrogens with zero attached hydrogens (tertiary/aromatic N) is 4. The second-order valence-electron chi connectivity index (χ2n) is 5.23. The van der Waals surface area contributed by atoms with Crippen molar-refractivity contribution in [3.05, 3.63) is 22.8 Å². The molecule has 0 aromatic carbocycles. The van der Waals surface area contributed by atoms with E-state index in [9.17, 15) is 4.79 Å². The van der Waals surface area contributed by atoms with E-state index in [0.717, 1.165) is 25.9 Å². The van der Waals surface area contributed by atoms with E-state index in [0.29, 0.717) is 35.4 Å². The molecule has 2 heterocycles. The van der Waals surface area contributed by atoms with Crippen LogP contribution in [-0.4, -0.2) is 42.0 Å². The van der Waals surface area contributed by atoms with Gasteiger partial charge in [0.1, 0.15) is 11.9 Å². The van der Waals surface area contributed by atoms with Crippen molar-refractivity contribution in [1.82, 2.24) is 9.88 Å². The predicted octanol–water partition coefficient (Wildman–Crippen LogP) is 1.67. The fourth-order valence-corrected chi connectivity index (χ4v) is 2.74. The lowest BCUT2D eigenvalue weighted by molar-refractivity contribution is -0.132. The number of hydrogen-bond donors (Lipinski definition) is 0. The molecule has 1 saturated carbocycles. The van der Waals surface area contributed by atoms with Crippen LogP contribution in [0.5, 0.6) is 0 Å². The molecule has 104 valence electrons. The maximum absolute atomic E-state index is 12.0. The summed E-state index contributed by atoms with van der Waals surface area (Å²) in [6.45, 7) is 2.90. The Bertz CT molecular complexity index is 571. The van der Waals surface area contributed by atoms with E-state index in [-0.39, 0.29) is 5.92 Å². The Morgan fingerprint density at radius 3 is 2.60 bits per heavy atom. The molecule has 0 bridgehead atoms. The van der Waals surface area contributed by atoms with Crippen molar-refractivity contribution in [2.45, 2.75) is 12.8 Å². The maximum atomic E-state index is 12.0. The number of halogens is 1. The van der Waals surface area contributed by atoms with Crippen LogP contribution in [-0.2, 0) is 4.79 Å². The number of aromatic nitrogens is 1. The zero-order valence-corrected chi connectivity index (χ0v) is 11.8. The molecule has 1 aliphatic heterocycles. The second-order valence-corrected chi connectivity index (χ2v) is 5.64. The molecule has 0 radical (unpaired) electrons. The fraction of sp³-hybridized carbons (Fsp3) is 0.500. The number of anilines is 1. The van der Waals surface area contributed by atoms with Crippen LogP contribution in [0.2, 0.25) is 5.02 Å². The third-order valence-electron chi connectivity index (χ3n) is 3.77. The highest BCUT2D eigenvalue weighted by atomic mass is 35.5. The van der Waals surface area contributed by atoms with Crippen molar-refractivity contribution >= 4 is 23.3 Å². The predicted molar refractivity (Wildman–Crippen MR) is 75.5 cm³/mol. The molecule has 6 heteroatoms. The Morgan fingerprint density at radius 1 is 1.35 bits per heavy atom. The molecular weight excluding hydrogens is 276 g/mol. The van der Waals surface area contributed by atoms with Gasteiger partial charge in [-0.15, -0.1) is 0 Å². The minimum atomic E-state index is 0.276. The third kappa shape index (κ3) is 2.56. The first kappa shape index (κ1) is 13.2. The van der Waals surface area contributed by atoms with E-state index in [4.69, 9.17) is 16.9 Å². The quantitative estimate of drug-likeness (QED) is 0.831. The lowest BCUT2D eigenvalue weighted by Crippen LogP contribution is -2.49. The molecule has 1 aliphatic carbocycles. The molecule has 0 spiro atoms. The zero-order valence-electron chi connectivity index (χ0n) is 11.0. The van der Waals surface area contributed by atoms with Crippen LogP contribution in [0.15, 0.2) is 12.3 Å². The van der Waals surface area contributed by atoms with Crippen LogP contribution in [0.1, 0.15) is 18.4 Å². The van der Waals surface area contributed by atoms with Gasteiger partial charge < -0.3 is 9.80 Å². The van der Waals surface area contributed by atoms with Crippen molar-refractivity contribution in [2.24, 2.45) is 5.92 Å². The number of rotatable bonds is 2. The summed E-state index contributed by atoms with van der Waals surface area (Å²) in [6.07, 6.45) is 3.62. The van der Waals surface area contributed by atoms with Gasteiger partial charge in [0.05, 0.1) is 10.6 Å². The number of pyridine rings is 1. The number of carbonyl (C=O) groups excluding carboxylic acids is 1. The first-order valence-electron chi connectivity index (χ1n) is 6.78. The summed E-state index contributed by atoms with van der Waals surface area (Å²) >= 11 is 6.17. The van der Waals surface area contributed by atoms with Gasteiger partial charge in [0.25, 0.3) is 0 Å². The maximum Gasteiger partial charge on any atom is 0.225 e. The summed E-state index contributed by atoms with van der Waals surface area (Å²) < 4.78 is 0. The molecule has 0 N–H and O–H groups in total. The molecule has 1 amide bonds. The highest BCUT2D eigenvalue weighted by Crippen LogP contribution is 2.32. The van der Waals surface area contributed by atoms with Crippen molar-refractivity contribution in [2.75, 3.05) is 31.1 Å². The van der Waals surface area contributed by atoms with E-state index in [1.54, 1.807) is 6.07 Å². The van der Waals surface area contributed by atoms with Gasteiger partial charge in [0.2, 0.25) is 5.91 Å². The van der Waals surface area contributed by atoms with Gasteiger partial charge in [-0.3, -0.25) is 4.79 Å². The summed E-state index contributed by atoms with van der Waals surface area (Å²) in [6, 6.07) is 3.65. The first-order chi connectivity index (χ1) is 9.69. The molecule has 1 aromatic rings. The van der Waals surface area contributed by atoms with Gasteiger partial charge in [0, 0.05) is 38.3 Å². The summed E-state index contributed by atoms with van der Waals surface area (Å²) in [5, 5.41) is 9.30. The van der Waals surface area contributed by atoms with E-state index < -0.39 is 0 Å². The number of hydrogen-bond acceptors (Lipinski definition) is 4. The average molecular weight is 291 g/mol. The molecule has 2 fully saturated rings. The Kier molecular flexibility index (Phi) is 3.49. The topological polar surface area (TPSA) is 60.2 Å². The van der Waals surface area contributed by atoms with Gasteiger partial charge in [-0.05, 0) is 18.9 Å². The highest BCUT2D eigenvalue weighted by Gasteiger charge is 2.34. The Labute approximate surface area is 122 Å². The molecule has 2 aliphatic rings. The summed E-state index contributed by atoms with van der Waals surface area (Å²) in [4.78, 5) is 20.2. The van der Waals surface area contributed by atoms with Crippen molar-refractivity contribution in [3.8, 4) is 6.07 Å². The van der Waals surface area contributed by atoms with Gasteiger partial charge >= 0.3 is 0 Å². The van der Waals surface area contributed by atoms with E-state index >= 15 is 0 Å². The number of nitriles is 1. The Hall–Kier alpha value is -1.80. The molecular formula is C14H15ClN4O. The standard InChI is InChI=1S/C14H15ClN4O/c15-12-7-10(8-16)9-17-13(12)18-3-5-19(6-4-18)14(20)11-1-2-11/h7,9,11H,1-6H2. The van der Waals surface area contributed by atoms with Crippen molar-refractivity contribution in [1.29, 1.82) is 5.26 Å². The molecule has 1 aromatic heterocycles. The van der Waals surface area contributed by atoms with Gasteiger partial charge in [0.15, 0.2) is 0 Å². The van der Waals surface area contributed by atoms with E-state index in [1.807, 2.05) is 11.0 Å². The first-order valence-corrected chi connectivity index (χ1v) is 7.16. The number of carbonyl (C=O) groups is 1. The Balaban J connectivity index is 1.66. The summed E-state index contributed by atoms with van der Waals surface area (Å²) in [5.74, 6) is 1.27. The summed E-state index contributed by atoms with van der Waals surface area (Å²) in [5.41, 5.74) is 0.460. The monoisotopic (exact) mass is 290 g/mol. The SMILES string of the molecule is N#Cc1cnc(N2CCN(C(=O)C3CC3)CC2)c(Cl)c1. The normalized spacial score (nSPS) is 18.8. The van der Waals surface area contributed by atoms with Crippen LogP contribution in [0.4, 0.5) is 5.82 Å². The number of piperazine rings is 1. The molecule has 5 nitrogen and oxygen atoms in total. The lowest BCUT2D eigenvalue weighted by atomic mass is 10.2. The van der Waals surface area contributed by atoms with E-state index in [1.165, 1.54) is 6.20 Å². The number of amides is 1. The van der Waals surface area contributed by atoms with Crippen molar-refractivity contribution in [3.63, 3.8) is 0 Å². The summed E-state index contributed by atoms with van der Waals surface area (Å²) in [7, 11) is 0. The van der Waals surface area contributed by atoms with Crippen molar-refractivity contribution < 1.29 is 4.79 Å². The molecule has 3 rings (SSSR count). The van der Waals surface area contributed by atoms with Gasteiger partial charge in [-0.25, -0.2) is 4.98 Å². The van der Waals surface area contributed by atoms with Gasteiger partial charge in [-0.2, -0.15) is 5.26 Å². The lowest BCUT2D eigenvalue weighted by Gasteiger charge is -2.35. The minimum Gasteiger partial charge on any atom is -0.352 e. The average Bonchev–Trinajstić information content (AvgIpc) is 3.31. The molecule has 1 saturated heterocycles. The smallest absolute Gasteiger partial charge is 0.225 e. The Morgan fingerprint density at radius 2 is 2.05 bits per heavy atom.